The molecular formula is C13H14N4O. The lowest BCUT2D eigenvalue weighted by atomic mass is 9.94. The first kappa shape index (κ1) is 12.1. The maximum atomic E-state index is 11.2. The summed E-state index contributed by atoms with van der Waals surface area (Å²) in [6, 6.07) is 9.70. The van der Waals surface area contributed by atoms with E-state index in [0.717, 1.165) is 17.0 Å². The van der Waals surface area contributed by atoms with Gasteiger partial charge in [-0.3, -0.25) is 4.79 Å². The van der Waals surface area contributed by atoms with Gasteiger partial charge in [0.05, 0.1) is 11.8 Å². The van der Waals surface area contributed by atoms with Gasteiger partial charge in [0.2, 0.25) is 5.91 Å². The van der Waals surface area contributed by atoms with Crippen LogP contribution in [0.2, 0.25) is 0 Å². The zero-order valence-electron chi connectivity index (χ0n) is 10.1. The summed E-state index contributed by atoms with van der Waals surface area (Å²) in [5.74, 6) is 0.0789. The molecule has 92 valence electrons. The van der Waals surface area contributed by atoms with E-state index in [9.17, 15) is 4.79 Å². The maximum Gasteiger partial charge on any atom is 0.240 e. The molecule has 0 radical (unpaired) electrons. The molecule has 0 aromatic heterocycles. The molecule has 0 bridgehead atoms. The SMILES string of the molecule is CC1CC(=O)NN=C1c1ccc(NCC#N)cc1. The highest BCUT2D eigenvalue weighted by atomic mass is 16.2. The van der Waals surface area contributed by atoms with E-state index in [2.05, 4.69) is 15.8 Å². The standard InChI is InChI=1S/C13H14N4O/c1-9-8-12(18)16-17-13(9)10-2-4-11(5-3-10)15-7-6-14/h2-5,9,15H,7-8H2,1H3,(H,16,18). The first-order valence-electron chi connectivity index (χ1n) is 5.78. The molecule has 5 nitrogen and oxygen atoms in total. The van der Waals surface area contributed by atoms with Crippen molar-refractivity contribution >= 4 is 17.3 Å². The molecule has 1 aromatic rings. The first-order valence-corrected chi connectivity index (χ1v) is 5.78. The van der Waals surface area contributed by atoms with Gasteiger partial charge in [0, 0.05) is 18.0 Å². The molecular weight excluding hydrogens is 228 g/mol. The van der Waals surface area contributed by atoms with Crippen molar-refractivity contribution in [3.63, 3.8) is 0 Å². The summed E-state index contributed by atoms with van der Waals surface area (Å²) in [5, 5.41) is 15.5. The van der Waals surface area contributed by atoms with Crippen LogP contribution in [0.1, 0.15) is 18.9 Å². The van der Waals surface area contributed by atoms with Gasteiger partial charge in [-0.1, -0.05) is 19.1 Å². The van der Waals surface area contributed by atoms with Crippen molar-refractivity contribution in [2.75, 3.05) is 11.9 Å². The van der Waals surface area contributed by atoms with E-state index < -0.39 is 0 Å². The molecule has 5 heteroatoms. The lowest BCUT2D eigenvalue weighted by molar-refractivity contribution is -0.121. The van der Waals surface area contributed by atoms with Crippen molar-refractivity contribution in [2.45, 2.75) is 13.3 Å². The van der Waals surface area contributed by atoms with E-state index in [-0.39, 0.29) is 18.4 Å². The van der Waals surface area contributed by atoms with Gasteiger partial charge in [0.15, 0.2) is 0 Å². The normalized spacial score (nSPS) is 18.6. The second-order valence-electron chi connectivity index (χ2n) is 4.23. The third-order valence-electron chi connectivity index (χ3n) is 2.81. The number of rotatable bonds is 3. The summed E-state index contributed by atoms with van der Waals surface area (Å²) in [5.41, 5.74) is 5.28. The summed E-state index contributed by atoms with van der Waals surface area (Å²) < 4.78 is 0. The van der Waals surface area contributed by atoms with Crippen LogP contribution in [0.5, 0.6) is 0 Å². The van der Waals surface area contributed by atoms with Crippen LogP contribution in [0, 0.1) is 17.2 Å². The molecule has 2 N–H and O–H groups in total. The topological polar surface area (TPSA) is 77.3 Å². The second kappa shape index (κ2) is 5.32. The van der Waals surface area contributed by atoms with Gasteiger partial charge < -0.3 is 5.32 Å². The minimum absolute atomic E-state index is 0.0430. The summed E-state index contributed by atoms with van der Waals surface area (Å²) in [4.78, 5) is 11.2. The maximum absolute atomic E-state index is 11.2. The van der Waals surface area contributed by atoms with Gasteiger partial charge in [-0.25, -0.2) is 5.43 Å². The van der Waals surface area contributed by atoms with Gasteiger partial charge in [-0.15, -0.1) is 0 Å². The highest BCUT2D eigenvalue weighted by Crippen LogP contribution is 2.18. The number of carbonyl (C=O) groups excluding carboxylic acids is 1. The predicted octanol–water partition coefficient (Wildman–Crippen LogP) is 1.48. The summed E-state index contributed by atoms with van der Waals surface area (Å²) in [6.07, 6.45) is 0.466. The van der Waals surface area contributed by atoms with Crippen LogP contribution in [-0.4, -0.2) is 18.2 Å². The Balaban J connectivity index is 2.15. The molecule has 1 amide bonds. The number of nitriles is 1. The lowest BCUT2D eigenvalue weighted by Crippen LogP contribution is -2.31. The summed E-state index contributed by atoms with van der Waals surface area (Å²) >= 11 is 0. The quantitative estimate of drug-likeness (QED) is 0.788. The number of hydrazone groups is 1. The fourth-order valence-corrected chi connectivity index (χ4v) is 1.90. The van der Waals surface area contributed by atoms with Crippen LogP contribution in [0.3, 0.4) is 0 Å². The number of amides is 1. The Morgan fingerprint density at radius 1 is 1.50 bits per heavy atom. The van der Waals surface area contributed by atoms with Gasteiger partial charge in [0.25, 0.3) is 0 Å². The third-order valence-corrected chi connectivity index (χ3v) is 2.81. The van der Waals surface area contributed by atoms with Gasteiger partial charge >= 0.3 is 0 Å². The van der Waals surface area contributed by atoms with Crippen LogP contribution in [0.4, 0.5) is 5.69 Å². The Morgan fingerprint density at radius 2 is 2.22 bits per heavy atom. The molecule has 0 saturated carbocycles. The minimum Gasteiger partial charge on any atom is -0.372 e. The van der Waals surface area contributed by atoms with Gasteiger partial charge in [-0.2, -0.15) is 10.4 Å². The molecule has 1 aliphatic rings. The molecule has 1 heterocycles. The monoisotopic (exact) mass is 242 g/mol. The Hall–Kier alpha value is -2.35. The van der Waals surface area contributed by atoms with Crippen molar-refractivity contribution in [1.29, 1.82) is 5.26 Å². The van der Waals surface area contributed by atoms with Crippen molar-refractivity contribution in [3.05, 3.63) is 29.8 Å². The summed E-state index contributed by atoms with van der Waals surface area (Å²) in [6.45, 7) is 2.27. The molecule has 1 aromatic carbocycles. The Labute approximate surface area is 105 Å². The molecule has 1 aliphatic heterocycles. The molecule has 2 rings (SSSR count). The van der Waals surface area contributed by atoms with E-state index in [1.54, 1.807) is 0 Å². The Kier molecular flexibility index (Phi) is 3.58. The zero-order chi connectivity index (χ0) is 13.0. The smallest absolute Gasteiger partial charge is 0.240 e. The molecule has 1 unspecified atom stereocenters. The molecule has 0 aliphatic carbocycles. The molecule has 0 spiro atoms. The lowest BCUT2D eigenvalue weighted by Gasteiger charge is -2.19. The summed E-state index contributed by atoms with van der Waals surface area (Å²) in [7, 11) is 0. The third kappa shape index (κ3) is 2.66. The molecule has 0 saturated heterocycles. The molecule has 0 fully saturated rings. The number of benzene rings is 1. The number of nitrogens with one attached hydrogen (secondary N) is 2. The van der Waals surface area contributed by atoms with E-state index in [1.165, 1.54) is 0 Å². The number of carbonyl (C=O) groups is 1. The molecule has 1 atom stereocenters. The highest BCUT2D eigenvalue weighted by Gasteiger charge is 2.21. The number of hydrogen-bond donors (Lipinski definition) is 2. The Morgan fingerprint density at radius 3 is 2.83 bits per heavy atom. The van der Waals surface area contributed by atoms with E-state index in [0.29, 0.717) is 6.42 Å². The minimum atomic E-state index is -0.0430. The van der Waals surface area contributed by atoms with Crippen LogP contribution in [0.25, 0.3) is 0 Å². The number of hydrogen-bond acceptors (Lipinski definition) is 4. The average Bonchev–Trinajstić information content (AvgIpc) is 2.37. The van der Waals surface area contributed by atoms with E-state index in [1.807, 2.05) is 37.3 Å². The van der Waals surface area contributed by atoms with Gasteiger partial charge in [0.1, 0.15) is 6.54 Å². The molecule has 18 heavy (non-hydrogen) atoms. The van der Waals surface area contributed by atoms with Crippen molar-refractivity contribution < 1.29 is 4.79 Å². The van der Waals surface area contributed by atoms with Crippen molar-refractivity contribution in [3.8, 4) is 6.07 Å². The largest absolute Gasteiger partial charge is 0.372 e. The second-order valence-corrected chi connectivity index (χ2v) is 4.23. The number of nitrogens with zero attached hydrogens (tertiary/aromatic N) is 2. The van der Waals surface area contributed by atoms with Crippen molar-refractivity contribution in [2.24, 2.45) is 11.0 Å². The van der Waals surface area contributed by atoms with Crippen LogP contribution >= 0.6 is 0 Å². The predicted molar refractivity (Wildman–Crippen MR) is 69.0 cm³/mol. The van der Waals surface area contributed by atoms with Crippen molar-refractivity contribution in [1.82, 2.24) is 5.43 Å². The highest BCUT2D eigenvalue weighted by molar-refractivity contribution is 6.05. The van der Waals surface area contributed by atoms with E-state index >= 15 is 0 Å². The fourth-order valence-electron chi connectivity index (χ4n) is 1.90. The van der Waals surface area contributed by atoms with E-state index in [4.69, 9.17) is 5.26 Å². The average molecular weight is 242 g/mol. The number of anilines is 1. The first-order chi connectivity index (χ1) is 8.70. The van der Waals surface area contributed by atoms with Crippen LogP contribution in [0.15, 0.2) is 29.4 Å². The Bertz CT molecular complexity index is 513. The van der Waals surface area contributed by atoms with Crippen LogP contribution < -0.4 is 10.7 Å². The van der Waals surface area contributed by atoms with Gasteiger partial charge in [-0.05, 0) is 17.7 Å². The van der Waals surface area contributed by atoms with Crippen LogP contribution in [-0.2, 0) is 4.79 Å². The fraction of sp³-hybridized carbons (Fsp3) is 0.308. The zero-order valence-corrected chi connectivity index (χ0v) is 10.1.